The maximum atomic E-state index is 13.6. The number of ether oxygens (including phenoxy) is 1. The highest BCUT2D eigenvalue weighted by Crippen LogP contribution is 2.26. The third-order valence-corrected chi connectivity index (χ3v) is 4.73. The van der Waals surface area contributed by atoms with Crippen molar-refractivity contribution in [2.75, 3.05) is 37.4 Å². The average molecular weight is 385 g/mol. The summed E-state index contributed by atoms with van der Waals surface area (Å²) in [6.45, 7) is 3.14. The lowest BCUT2D eigenvalue weighted by Crippen LogP contribution is -2.27. The molecule has 3 rings (SSSR count). The van der Waals surface area contributed by atoms with Crippen LogP contribution in [0.2, 0.25) is 0 Å². The van der Waals surface area contributed by atoms with E-state index in [2.05, 4.69) is 10.6 Å². The van der Waals surface area contributed by atoms with Crippen LogP contribution >= 0.6 is 0 Å². The zero-order valence-electron chi connectivity index (χ0n) is 16.0. The first-order valence-electron chi connectivity index (χ1n) is 9.25. The van der Waals surface area contributed by atoms with Crippen LogP contribution in [0.15, 0.2) is 36.4 Å². The van der Waals surface area contributed by atoms with Crippen molar-refractivity contribution >= 4 is 23.2 Å². The van der Waals surface area contributed by atoms with Crippen LogP contribution in [0, 0.1) is 12.7 Å². The van der Waals surface area contributed by atoms with Gasteiger partial charge in [0.15, 0.2) is 0 Å². The van der Waals surface area contributed by atoms with Gasteiger partial charge in [-0.25, -0.2) is 4.39 Å². The van der Waals surface area contributed by atoms with Crippen molar-refractivity contribution in [3.63, 3.8) is 0 Å². The summed E-state index contributed by atoms with van der Waals surface area (Å²) in [6.07, 6.45) is 2.04. The molecule has 148 valence electrons. The van der Waals surface area contributed by atoms with Gasteiger partial charge in [-0.2, -0.15) is 0 Å². The van der Waals surface area contributed by atoms with Crippen molar-refractivity contribution in [2.24, 2.45) is 0 Å². The number of nitrogens with zero attached hydrogens (tertiary/aromatic N) is 1. The van der Waals surface area contributed by atoms with Crippen molar-refractivity contribution < 1.29 is 18.7 Å². The van der Waals surface area contributed by atoms with Crippen LogP contribution in [0.3, 0.4) is 0 Å². The molecule has 0 saturated carbocycles. The van der Waals surface area contributed by atoms with Gasteiger partial charge in [-0.15, -0.1) is 0 Å². The second kappa shape index (κ2) is 8.73. The minimum Gasteiger partial charge on any atom is -0.495 e. The summed E-state index contributed by atoms with van der Waals surface area (Å²) >= 11 is 0. The van der Waals surface area contributed by atoms with E-state index in [0.717, 1.165) is 25.9 Å². The van der Waals surface area contributed by atoms with Crippen LogP contribution in [0.4, 0.5) is 15.8 Å². The summed E-state index contributed by atoms with van der Waals surface area (Å²) in [6, 6.07) is 9.65. The van der Waals surface area contributed by atoms with E-state index in [1.54, 1.807) is 37.3 Å². The Hall–Kier alpha value is -3.09. The van der Waals surface area contributed by atoms with Crippen LogP contribution < -0.4 is 15.4 Å². The van der Waals surface area contributed by atoms with E-state index in [1.807, 2.05) is 4.90 Å². The molecule has 1 fully saturated rings. The molecule has 0 bridgehead atoms. The molecule has 28 heavy (non-hydrogen) atoms. The molecule has 0 spiro atoms. The number of amides is 2. The summed E-state index contributed by atoms with van der Waals surface area (Å²) in [5.41, 5.74) is 2.00. The number of hydrogen-bond acceptors (Lipinski definition) is 4. The number of carbonyl (C=O) groups is 2. The minimum atomic E-state index is -0.374. The first kappa shape index (κ1) is 19.7. The van der Waals surface area contributed by atoms with Crippen molar-refractivity contribution in [1.82, 2.24) is 4.90 Å². The van der Waals surface area contributed by atoms with Gasteiger partial charge in [0, 0.05) is 24.3 Å². The van der Waals surface area contributed by atoms with Crippen molar-refractivity contribution in [1.29, 1.82) is 0 Å². The first-order valence-corrected chi connectivity index (χ1v) is 9.25. The van der Waals surface area contributed by atoms with E-state index in [-0.39, 0.29) is 24.2 Å². The SMILES string of the molecule is COc1ccc(C(=O)N2CCCC2)cc1NCC(=O)Nc1ccc(C)c(F)c1. The molecule has 0 atom stereocenters. The number of halogens is 1. The Balaban J connectivity index is 1.66. The number of hydrogen-bond donors (Lipinski definition) is 2. The van der Waals surface area contributed by atoms with Gasteiger partial charge in [0.1, 0.15) is 11.6 Å². The van der Waals surface area contributed by atoms with E-state index in [9.17, 15) is 14.0 Å². The molecule has 2 amide bonds. The van der Waals surface area contributed by atoms with Gasteiger partial charge in [0.05, 0.1) is 19.3 Å². The molecular weight excluding hydrogens is 361 g/mol. The molecule has 1 aliphatic heterocycles. The number of aryl methyl sites for hydroxylation is 1. The molecule has 0 radical (unpaired) electrons. The van der Waals surface area contributed by atoms with E-state index in [0.29, 0.717) is 28.3 Å². The number of nitrogens with one attached hydrogen (secondary N) is 2. The second-order valence-corrected chi connectivity index (χ2v) is 6.78. The van der Waals surface area contributed by atoms with Crippen molar-refractivity contribution in [3.8, 4) is 5.75 Å². The number of benzene rings is 2. The molecular formula is C21H24FN3O3. The standard InChI is InChI=1S/C21H24FN3O3/c1-14-5-7-16(12-17(14)22)24-20(26)13-23-18-11-15(6-8-19(18)28-2)21(27)25-9-3-4-10-25/h5-8,11-12,23H,3-4,9-10,13H2,1-2H3,(H,24,26). The summed E-state index contributed by atoms with van der Waals surface area (Å²) < 4.78 is 18.9. The van der Waals surface area contributed by atoms with Gasteiger partial charge in [0.2, 0.25) is 5.91 Å². The summed E-state index contributed by atoms with van der Waals surface area (Å²) in [7, 11) is 1.53. The molecule has 1 heterocycles. The van der Waals surface area contributed by atoms with E-state index < -0.39 is 0 Å². The van der Waals surface area contributed by atoms with E-state index in [4.69, 9.17) is 4.74 Å². The third-order valence-electron chi connectivity index (χ3n) is 4.73. The number of rotatable bonds is 6. The lowest BCUT2D eigenvalue weighted by atomic mass is 10.1. The van der Waals surface area contributed by atoms with Crippen molar-refractivity contribution in [2.45, 2.75) is 19.8 Å². The molecule has 2 aromatic rings. The van der Waals surface area contributed by atoms with Gasteiger partial charge >= 0.3 is 0 Å². The Morgan fingerprint density at radius 1 is 1.14 bits per heavy atom. The minimum absolute atomic E-state index is 0.0252. The topological polar surface area (TPSA) is 70.7 Å². The Morgan fingerprint density at radius 3 is 2.57 bits per heavy atom. The van der Waals surface area contributed by atoms with Crippen LogP contribution in [0.1, 0.15) is 28.8 Å². The lowest BCUT2D eigenvalue weighted by Gasteiger charge is -2.17. The molecule has 1 saturated heterocycles. The second-order valence-electron chi connectivity index (χ2n) is 6.78. The maximum Gasteiger partial charge on any atom is 0.253 e. The quantitative estimate of drug-likeness (QED) is 0.799. The molecule has 1 aliphatic rings. The number of carbonyl (C=O) groups excluding carboxylic acids is 2. The number of methoxy groups -OCH3 is 1. The highest BCUT2D eigenvalue weighted by molar-refractivity contribution is 5.97. The Morgan fingerprint density at radius 2 is 1.89 bits per heavy atom. The molecule has 2 N–H and O–H groups in total. The number of likely N-dealkylation sites (tertiary alicyclic amines) is 1. The first-order chi connectivity index (χ1) is 13.5. The maximum absolute atomic E-state index is 13.6. The molecule has 0 aliphatic carbocycles. The fourth-order valence-corrected chi connectivity index (χ4v) is 3.13. The van der Waals surface area contributed by atoms with Crippen LogP contribution in [0.25, 0.3) is 0 Å². The largest absolute Gasteiger partial charge is 0.495 e. The smallest absolute Gasteiger partial charge is 0.253 e. The summed E-state index contributed by atoms with van der Waals surface area (Å²) in [5, 5.41) is 5.64. The Bertz CT molecular complexity index is 879. The predicted octanol–water partition coefficient (Wildman–Crippen LogP) is 3.43. The highest BCUT2D eigenvalue weighted by atomic mass is 19.1. The van der Waals surface area contributed by atoms with Gasteiger partial charge < -0.3 is 20.3 Å². The van der Waals surface area contributed by atoms with E-state index in [1.165, 1.54) is 13.2 Å². The normalized spacial score (nSPS) is 13.3. The molecule has 6 nitrogen and oxygen atoms in total. The predicted molar refractivity (Wildman–Crippen MR) is 106 cm³/mol. The van der Waals surface area contributed by atoms with Crippen LogP contribution in [-0.2, 0) is 4.79 Å². The van der Waals surface area contributed by atoms with Crippen LogP contribution in [-0.4, -0.2) is 43.5 Å². The Labute approximate surface area is 163 Å². The molecule has 2 aromatic carbocycles. The lowest BCUT2D eigenvalue weighted by molar-refractivity contribution is -0.114. The number of anilines is 2. The van der Waals surface area contributed by atoms with Crippen molar-refractivity contribution in [3.05, 3.63) is 53.3 Å². The molecule has 0 unspecified atom stereocenters. The summed E-state index contributed by atoms with van der Waals surface area (Å²) in [5.74, 6) is -0.197. The van der Waals surface area contributed by atoms with Gasteiger partial charge in [-0.05, 0) is 55.7 Å². The zero-order chi connectivity index (χ0) is 20.1. The zero-order valence-corrected chi connectivity index (χ0v) is 16.0. The average Bonchev–Trinajstić information content (AvgIpc) is 3.23. The summed E-state index contributed by atoms with van der Waals surface area (Å²) in [4.78, 5) is 26.6. The molecule has 0 aromatic heterocycles. The van der Waals surface area contributed by atoms with Crippen LogP contribution in [0.5, 0.6) is 5.75 Å². The fourth-order valence-electron chi connectivity index (χ4n) is 3.13. The van der Waals surface area contributed by atoms with Gasteiger partial charge in [0.25, 0.3) is 5.91 Å². The fraction of sp³-hybridized carbons (Fsp3) is 0.333. The monoisotopic (exact) mass is 385 g/mol. The third kappa shape index (κ3) is 4.60. The Kier molecular flexibility index (Phi) is 6.13. The van der Waals surface area contributed by atoms with E-state index >= 15 is 0 Å². The van der Waals surface area contributed by atoms with Gasteiger partial charge in [-0.3, -0.25) is 9.59 Å². The highest BCUT2D eigenvalue weighted by Gasteiger charge is 2.20. The molecule has 7 heteroatoms. The van der Waals surface area contributed by atoms with Gasteiger partial charge in [-0.1, -0.05) is 6.07 Å².